The van der Waals surface area contributed by atoms with Crippen molar-refractivity contribution in [1.82, 2.24) is 9.71 Å². The van der Waals surface area contributed by atoms with Gasteiger partial charge in [-0.05, 0) is 18.6 Å². The van der Waals surface area contributed by atoms with Crippen LogP contribution < -0.4 is 9.62 Å². The monoisotopic (exact) mass is 280 g/mol. The Kier molecular flexibility index (Phi) is 4.02. The summed E-state index contributed by atoms with van der Waals surface area (Å²) in [5, 5.41) is 8.30. The molecular formula is C12H16N4O2S. The second kappa shape index (κ2) is 5.55. The molecule has 1 aliphatic rings. The molecule has 0 aliphatic carbocycles. The average Bonchev–Trinajstić information content (AvgIpc) is 2.89. The van der Waals surface area contributed by atoms with Gasteiger partial charge in [0.05, 0.1) is 17.1 Å². The van der Waals surface area contributed by atoms with Crippen molar-refractivity contribution in [3.05, 3.63) is 24.0 Å². The first-order chi connectivity index (χ1) is 9.06. The van der Waals surface area contributed by atoms with E-state index in [0.717, 1.165) is 5.69 Å². The van der Waals surface area contributed by atoms with E-state index in [0.29, 0.717) is 31.7 Å². The number of nitriles is 1. The number of hydrogen-bond acceptors (Lipinski definition) is 5. The molecule has 0 bridgehead atoms. The summed E-state index contributed by atoms with van der Waals surface area (Å²) in [6.45, 7) is 3.33. The topological polar surface area (TPSA) is 86.1 Å². The molecule has 0 radical (unpaired) electrons. The molecule has 1 saturated heterocycles. The minimum atomic E-state index is -3.23. The van der Waals surface area contributed by atoms with Gasteiger partial charge in [0.2, 0.25) is 10.0 Å². The number of nitrogens with zero attached hydrogens (tertiary/aromatic N) is 3. The second-order valence-electron chi connectivity index (χ2n) is 4.41. The van der Waals surface area contributed by atoms with E-state index >= 15 is 0 Å². The van der Waals surface area contributed by atoms with Crippen molar-refractivity contribution in [1.29, 1.82) is 5.26 Å². The van der Waals surface area contributed by atoms with Gasteiger partial charge in [0.25, 0.3) is 0 Å². The molecule has 102 valence electrons. The quantitative estimate of drug-likeness (QED) is 0.866. The number of anilines is 1. The smallest absolute Gasteiger partial charge is 0.216 e. The number of rotatable bonds is 4. The van der Waals surface area contributed by atoms with Crippen LogP contribution in [0.15, 0.2) is 18.3 Å². The molecule has 1 atom stereocenters. The standard InChI is InChI=1S/C12H16N4O2S/c1-2-15-19(17,18)12-5-6-16(9-12)11-4-3-10(7-13)14-8-11/h3-4,8,12,15H,2,5-6,9H2,1H3. The molecule has 0 aromatic carbocycles. The lowest BCUT2D eigenvalue weighted by Crippen LogP contribution is -2.36. The van der Waals surface area contributed by atoms with Gasteiger partial charge >= 0.3 is 0 Å². The highest BCUT2D eigenvalue weighted by Crippen LogP contribution is 2.22. The maximum Gasteiger partial charge on any atom is 0.216 e. The summed E-state index contributed by atoms with van der Waals surface area (Å²) in [6, 6.07) is 5.40. The molecular weight excluding hydrogens is 264 g/mol. The van der Waals surface area contributed by atoms with Crippen molar-refractivity contribution < 1.29 is 8.42 Å². The zero-order chi connectivity index (χ0) is 13.9. The van der Waals surface area contributed by atoms with Crippen LogP contribution in [0.25, 0.3) is 0 Å². The van der Waals surface area contributed by atoms with Crippen LogP contribution in [-0.4, -0.2) is 38.3 Å². The molecule has 1 unspecified atom stereocenters. The Morgan fingerprint density at radius 1 is 1.58 bits per heavy atom. The molecule has 1 aromatic rings. The Balaban J connectivity index is 2.08. The van der Waals surface area contributed by atoms with E-state index in [1.54, 1.807) is 25.3 Å². The highest BCUT2D eigenvalue weighted by atomic mass is 32.2. The summed E-state index contributed by atoms with van der Waals surface area (Å²) in [6.07, 6.45) is 2.22. The van der Waals surface area contributed by atoms with Crippen molar-refractivity contribution >= 4 is 15.7 Å². The average molecular weight is 280 g/mol. The van der Waals surface area contributed by atoms with Gasteiger partial charge in [0.1, 0.15) is 11.8 Å². The first kappa shape index (κ1) is 13.8. The van der Waals surface area contributed by atoms with E-state index in [9.17, 15) is 8.42 Å². The molecule has 7 heteroatoms. The molecule has 0 amide bonds. The van der Waals surface area contributed by atoms with Gasteiger partial charge in [-0.25, -0.2) is 18.1 Å². The van der Waals surface area contributed by atoms with E-state index in [1.807, 2.05) is 11.0 Å². The normalized spacial score (nSPS) is 19.4. The van der Waals surface area contributed by atoms with Crippen LogP contribution in [0.5, 0.6) is 0 Å². The Morgan fingerprint density at radius 3 is 2.95 bits per heavy atom. The molecule has 1 N–H and O–H groups in total. The fourth-order valence-electron chi connectivity index (χ4n) is 2.17. The van der Waals surface area contributed by atoms with Crippen LogP contribution in [0.1, 0.15) is 19.0 Å². The predicted molar refractivity (Wildman–Crippen MR) is 72.2 cm³/mol. The molecule has 1 fully saturated rings. The van der Waals surface area contributed by atoms with Crippen molar-refractivity contribution in [2.75, 3.05) is 24.5 Å². The molecule has 0 spiro atoms. The summed E-state index contributed by atoms with van der Waals surface area (Å²) in [4.78, 5) is 5.98. The molecule has 2 rings (SSSR count). The Labute approximate surface area is 113 Å². The number of pyridine rings is 1. The van der Waals surface area contributed by atoms with Gasteiger partial charge in [-0.2, -0.15) is 5.26 Å². The van der Waals surface area contributed by atoms with Crippen molar-refractivity contribution in [3.63, 3.8) is 0 Å². The largest absolute Gasteiger partial charge is 0.369 e. The number of hydrogen-bond donors (Lipinski definition) is 1. The number of sulfonamides is 1. The summed E-state index contributed by atoms with van der Waals surface area (Å²) >= 11 is 0. The zero-order valence-electron chi connectivity index (χ0n) is 10.7. The highest BCUT2D eigenvalue weighted by molar-refractivity contribution is 7.90. The Bertz CT molecular complexity index is 577. The molecule has 2 heterocycles. The number of nitrogens with one attached hydrogen (secondary N) is 1. The summed E-state index contributed by atoms with van der Waals surface area (Å²) in [7, 11) is -3.23. The Hall–Kier alpha value is -1.65. The molecule has 1 aliphatic heterocycles. The van der Waals surface area contributed by atoms with Gasteiger partial charge < -0.3 is 4.90 Å². The summed E-state index contributed by atoms with van der Waals surface area (Å²) in [5.74, 6) is 0. The van der Waals surface area contributed by atoms with Crippen LogP contribution in [-0.2, 0) is 10.0 Å². The third kappa shape index (κ3) is 3.03. The van der Waals surface area contributed by atoms with Crippen LogP contribution in [0.2, 0.25) is 0 Å². The molecule has 0 saturated carbocycles. The van der Waals surface area contributed by atoms with Crippen LogP contribution in [0, 0.1) is 11.3 Å². The summed E-state index contributed by atoms with van der Waals surface area (Å²) in [5.41, 5.74) is 1.22. The minimum Gasteiger partial charge on any atom is -0.369 e. The maximum absolute atomic E-state index is 11.9. The van der Waals surface area contributed by atoms with Gasteiger partial charge in [0, 0.05) is 19.6 Å². The highest BCUT2D eigenvalue weighted by Gasteiger charge is 2.32. The number of aromatic nitrogens is 1. The molecule has 1 aromatic heterocycles. The lowest BCUT2D eigenvalue weighted by Gasteiger charge is -2.18. The van der Waals surface area contributed by atoms with Gasteiger partial charge in [-0.3, -0.25) is 0 Å². The third-order valence-electron chi connectivity index (χ3n) is 3.16. The van der Waals surface area contributed by atoms with E-state index in [2.05, 4.69) is 9.71 Å². The maximum atomic E-state index is 11.9. The van der Waals surface area contributed by atoms with Crippen molar-refractivity contribution in [3.8, 4) is 6.07 Å². The van der Waals surface area contributed by atoms with Gasteiger partial charge in [-0.15, -0.1) is 0 Å². The Morgan fingerprint density at radius 2 is 2.37 bits per heavy atom. The van der Waals surface area contributed by atoms with Crippen LogP contribution in [0.3, 0.4) is 0 Å². The van der Waals surface area contributed by atoms with Gasteiger partial charge in [-0.1, -0.05) is 6.92 Å². The first-order valence-electron chi connectivity index (χ1n) is 6.16. The van der Waals surface area contributed by atoms with Gasteiger partial charge in [0.15, 0.2) is 0 Å². The van der Waals surface area contributed by atoms with Crippen LogP contribution >= 0.6 is 0 Å². The third-order valence-corrected chi connectivity index (χ3v) is 5.11. The fourth-order valence-corrected chi connectivity index (χ4v) is 3.60. The molecule has 6 nitrogen and oxygen atoms in total. The van der Waals surface area contributed by atoms with E-state index in [1.165, 1.54) is 0 Å². The SMILES string of the molecule is CCNS(=O)(=O)C1CCN(c2ccc(C#N)nc2)C1. The lowest BCUT2D eigenvalue weighted by atomic mass is 10.3. The first-order valence-corrected chi connectivity index (χ1v) is 7.71. The van der Waals surface area contributed by atoms with Crippen molar-refractivity contribution in [2.24, 2.45) is 0 Å². The van der Waals surface area contributed by atoms with Crippen molar-refractivity contribution in [2.45, 2.75) is 18.6 Å². The van der Waals surface area contributed by atoms with E-state index in [-0.39, 0.29) is 5.25 Å². The van der Waals surface area contributed by atoms with Crippen LogP contribution in [0.4, 0.5) is 5.69 Å². The minimum absolute atomic E-state index is 0.361. The van der Waals surface area contributed by atoms with E-state index in [4.69, 9.17) is 5.26 Å². The second-order valence-corrected chi connectivity index (χ2v) is 6.46. The van der Waals surface area contributed by atoms with E-state index < -0.39 is 10.0 Å². The lowest BCUT2D eigenvalue weighted by molar-refractivity contribution is 0.571. The molecule has 19 heavy (non-hydrogen) atoms. The predicted octanol–water partition coefficient (Wildman–Crippen LogP) is 0.471. The fraction of sp³-hybridized carbons (Fsp3) is 0.500. The zero-order valence-corrected chi connectivity index (χ0v) is 11.5. The summed E-state index contributed by atoms with van der Waals surface area (Å²) < 4.78 is 26.4.